The molecule has 0 spiro atoms. The molecule has 1 aliphatic heterocycles. The van der Waals surface area contributed by atoms with E-state index in [0.29, 0.717) is 26.3 Å². The van der Waals surface area contributed by atoms with Gasteiger partial charge in [-0.3, -0.25) is 4.90 Å². The second kappa shape index (κ2) is 5.14. The molecule has 2 N–H and O–H groups in total. The first kappa shape index (κ1) is 13.8. The third-order valence-electron chi connectivity index (χ3n) is 3.88. The summed E-state index contributed by atoms with van der Waals surface area (Å²) in [4.78, 5) is 24.8. The molecule has 19 heavy (non-hydrogen) atoms. The summed E-state index contributed by atoms with van der Waals surface area (Å²) in [5, 5.41) is 18.8. The molecule has 1 heterocycles. The van der Waals surface area contributed by atoms with Crippen LogP contribution in [0.2, 0.25) is 0 Å². The molecule has 2 rings (SSSR count). The Morgan fingerprint density at radius 1 is 1.37 bits per heavy atom. The Balaban J connectivity index is 2.40. The number of hydrogen-bond donors (Lipinski definition) is 2. The van der Waals surface area contributed by atoms with Crippen molar-refractivity contribution < 1.29 is 24.5 Å². The van der Waals surface area contributed by atoms with E-state index in [-0.39, 0.29) is 5.57 Å². The number of allylic oxidation sites excluding steroid dienone is 2. The lowest BCUT2D eigenvalue weighted by Crippen LogP contribution is -2.61. The van der Waals surface area contributed by atoms with Crippen LogP contribution >= 0.6 is 0 Å². The van der Waals surface area contributed by atoms with E-state index in [9.17, 15) is 19.8 Å². The molecule has 0 bridgehead atoms. The molecule has 0 amide bonds. The minimum Gasteiger partial charge on any atom is -0.480 e. The van der Waals surface area contributed by atoms with Gasteiger partial charge in [-0.2, -0.15) is 0 Å². The maximum atomic E-state index is 11.8. The van der Waals surface area contributed by atoms with E-state index < -0.39 is 23.4 Å². The Hall–Kier alpha value is -1.66. The molecule has 6 heteroatoms. The average Bonchev–Trinajstić information content (AvgIpc) is 2.39. The Labute approximate surface area is 111 Å². The van der Waals surface area contributed by atoms with Crippen LogP contribution in [-0.2, 0) is 14.3 Å². The summed E-state index contributed by atoms with van der Waals surface area (Å²) in [6.07, 6.45) is 4.57. The quantitative estimate of drug-likeness (QED) is 0.767. The summed E-state index contributed by atoms with van der Waals surface area (Å²) in [6.45, 7) is 3.53. The molecular formula is C13H17NO5. The second-order valence-electron chi connectivity index (χ2n) is 4.74. The van der Waals surface area contributed by atoms with Crippen LogP contribution in [0, 0.1) is 5.92 Å². The van der Waals surface area contributed by atoms with Crippen molar-refractivity contribution in [2.45, 2.75) is 12.5 Å². The monoisotopic (exact) mass is 267 g/mol. The molecule has 0 aromatic heterocycles. The highest BCUT2D eigenvalue weighted by atomic mass is 16.5. The number of rotatable bonds is 3. The average molecular weight is 267 g/mol. The fourth-order valence-corrected chi connectivity index (χ4v) is 2.79. The molecule has 1 fully saturated rings. The summed E-state index contributed by atoms with van der Waals surface area (Å²) >= 11 is 0. The maximum Gasteiger partial charge on any atom is 0.331 e. The van der Waals surface area contributed by atoms with Crippen molar-refractivity contribution in [2.24, 2.45) is 5.92 Å². The second-order valence-corrected chi connectivity index (χ2v) is 4.74. The highest BCUT2D eigenvalue weighted by Gasteiger charge is 2.50. The summed E-state index contributed by atoms with van der Waals surface area (Å²) in [5.41, 5.74) is -1.18. The van der Waals surface area contributed by atoms with Crippen LogP contribution in [0.1, 0.15) is 6.92 Å². The highest BCUT2D eigenvalue weighted by molar-refractivity contribution is 5.92. The largest absolute Gasteiger partial charge is 0.480 e. The number of morpholine rings is 1. The first-order valence-electron chi connectivity index (χ1n) is 6.19. The van der Waals surface area contributed by atoms with E-state index in [1.807, 2.05) is 0 Å². The van der Waals surface area contributed by atoms with Crippen LogP contribution < -0.4 is 0 Å². The van der Waals surface area contributed by atoms with E-state index in [0.717, 1.165) is 0 Å². The fraction of sp³-hybridized carbons (Fsp3) is 0.538. The molecular weight excluding hydrogens is 250 g/mol. The summed E-state index contributed by atoms with van der Waals surface area (Å²) in [6, 6.07) is 0. The summed E-state index contributed by atoms with van der Waals surface area (Å²) < 4.78 is 5.24. The molecule has 2 atom stereocenters. The van der Waals surface area contributed by atoms with Gasteiger partial charge in [-0.15, -0.1) is 0 Å². The summed E-state index contributed by atoms with van der Waals surface area (Å²) in [5.74, 6) is -2.72. The third-order valence-corrected chi connectivity index (χ3v) is 3.88. The number of carbonyl (C=O) groups is 2. The van der Waals surface area contributed by atoms with Crippen molar-refractivity contribution >= 4 is 11.9 Å². The van der Waals surface area contributed by atoms with Gasteiger partial charge in [-0.25, -0.2) is 9.59 Å². The lowest BCUT2D eigenvalue weighted by atomic mass is 9.75. The minimum absolute atomic E-state index is 0.122. The van der Waals surface area contributed by atoms with Gasteiger partial charge in [0.15, 0.2) is 0 Å². The Kier molecular flexibility index (Phi) is 3.73. The molecule has 6 nitrogen and oxygen atoms in total. The van der Waals surface area contributed by atoms with E-state index in [1.165, 1.54) is 12.2 Å². The smallest absolute Gasteiger partial charge is 0.331 e. The van der Waals surface area contributed by atoms with Crippen LogP contribution in [-0.4, -0.2) is 58.9 Å². The topological polar surface area (TPSA) is 87.1 Å². The zero-order valence-electron chi connectivity index (χ0n) is 10.7. The zero-order chi connectivity index (χ0) is 14.0. The lowest BCUT2D eigenvalue weighted by molar-refractivity contribution is -0.154. The van der Waals surface area contributed by atoms with Gasteiger partial charge in [-0.05, 0) is 0 Å². The Morgan fingerprint density at radius 3 is 2.53 bits per heavy atom. The number of ether oxygens (including phenoxy) is 1. The number of aliphatic carboxylic acids is 2. The van der Waals surface area contributed by atoms with Gasteiger partial charge >= 0.3 is 11.9 Å². The van der Waals surface area contributed by atoms with E-state index in [4.69, 9.17) is 4.74 Å². The molecule has 1 aliphatic carbocycles. The number of hydrogen-bond acceptors (Lipinski definition) is 4. The highest BCUT2D eigenvalue weighted by Crippen LogP contribution is 2.36. The van der Waals surface area contributed by atoms with Crippen molar-refractivity contribution in [3.05, 3.63) is 23.8 Å². The maximum absolute atomic E-state index is 11.8. The molecule has 0 aromatic rings. The first-order valence-corrected chi connectivity index (χ1v) is 6.19. The molecule has 0 aromatic carbocycles. The molecule has 2 aliphatic rings. The predicted octanol–water partition coefficient (Wildman–Crippen LogP) is 0.359. The molecule has 1 saturated heterocycles. The predicted molar refractivity (Wildman–Crippen MR) is 66.8 cm³/mol. The standard InChI is InChI=1S/C13H17NO5/c1-9-10(11(15)16)3-2-4-13(9,12(17)18)14-5-7-19-8-6-14/h2-4,9H,5-8H2,1H3,(H,15,16)(H,17,18). The Morgan fingerprint density at radius 2 is 2.00 bits per heavy atom. The third kappa shape index (κ3) is 2.17. The van der Waals surface area contributed by atoms with E-state index in [2.05, 4.69) is 0 Å². The van der Waals surface area contributed by atoms with Crippen LogP contribution in [0.4, 0.5) is 0 Å². The van der Waals surface area contributed by atoms with Crippen LogP contribution in [0.3, 0.4) is 0 Å². The van der Waals surface area contributed by atoms with Gasteiger partial charge in [0.1, 0.15) is 5.54 Å². The number of carboxylic acids is 2. The van der Waals surface area contributed by atoms with Crippen LogP contribution in [0.25, 0.3) is 0 Å². The van der Waals surface area contributed by atoms with Crippen molar-refractivity contribution in [2.75, 3.05) is 26.3 Å². The van der Waals surface area contributed by atoms with E-state index in [1.54, 1.807) is 17.9 Å². The van der Waals surface area contributed by atoms with Crippen LogP contribution in [0.5, 0.6) is 0 Å². The van der Waals surface area contributed by atoms with Gasteiger partial charge in [0.2, 0.25) is 0 Å². The molecule has 0 radical (unpaired) electrons. The van der Waals surface area contributed by atoms with Crippen LogP contribution in [0.15, 0.2) is 23.8 Å². The van der Waals surface area contributed by atoms with Crippen molar-refractivity contribution in [3.8, 4) is 0 Å². The summed E-state index contributed by atoms with van der Waals surface area (Å²) in [7, 11) is 0. The minimum atomic E-state index is -1.30. The number of carboxylic acid groups (broad SMARTS) is 2. The van der Waals surface area contributed by atoms with Gasteiger partial charge in [0.05, 0.1) is 13.2 Å². The van der Waals surface area contributed by atoms with Gasteiger partial charge in [0, 0.05) is 24.6 Å². The van der Waals surface area contributed by atoms with Gasteiger partial charge < -0.3 is 14.9 Å². The molecule has 104 valence electrons. The SMILES string of the molecule is CC1C(C(=O)O)=CC=CC1(C(=O)O)N1CCOCC1. The van der Waals surface area contributed by atoms with Gasteiger partial charge in [0.25, 0.3) is 0 Å². The lowest BCUT2D eigenvalue weighted by Gasteiger charge is -2.45. The first-order chi connectivity index (χ1) is 9.00. The fourth-order valence-electron chi connectivity index (χ4n) is 2.79. The molecule has 2 unspecified atom stereocenters. The molecule has 0 saturated carbocycles. The van der Waals surface area contributed by atoms with Crippen molar-refractivity contribution in [1.29, 1.82) is 0 Å². The van der Waals surface area contributed by atoms with Crippen molar-refractivity contribution in [3.63, 3.8) is 0 Å². The number of nitrogens with zero attached hydrogens (tertiary/aromatic N) is 1. The normalized spacial score (nSPS) is 31.8. The van der Waals surface area contributed by atoms with Crippen molar-refractivity contribution in [1.82, 2.24) is 4.90 Å². The van der Waals surface area contributed by atoms with Gasteiger partial charge in [-0.1, -0.05) is 25.2 Å². The Bertz CT molecular complexity index is 450. The zero-order valence-corrected chi connectivity index (χ0v) is 10.7. The van der Waals surface area contributed by atoms with E-state index >= 15 is 0 Å².